The highest BCUT2D eigenvalue weighted by molar-refractivity contribution is 7.91. The summed E-state index contributed by atoms with van der Waals surface area (Å²) >= 11 is 1.08. The molecule has 0 saturated heterocycles. The molecule has 0 saturated carbocycles. The number of nitrogens with two attached hydrogens (primary N) is 1. The standard InChI is InChI=1S/C13H14N4O2S2/c1-17(8-9-4-3-5-16-7-9)13-12(21(2,18)19)11(15)10(6-14)20-13/h3-5,7H,8,15H2,1-2H3. The van der Waals surface area contributed by atoms with E-state index >= 15 is 0 Å². The fourth-order valence-electron chi connectivity index (χ4n) is 1.95. The molecule has 110 valence electrons. The number of aromatic nitrogens is 1. The van der Waals surface area contributed by atoms with E-state index in [0.717, 1.165) is 23.2 Å². The molecule has 0 bridgehead atoms. The molecule has 0 fully saturated rings. The molecular formula is C13H14N4O2S2. The normalized spacial score (nSPS) is 11.1. The van der Waals surface area contributed by atoms with Crippen molar-refractivity contribution >= 4 is 31.9 Å². The minimum atomic E-state index is -3.51. The Balaban J connectivity index is 2.46. The van der Waals surface area contributed by atoms with Crippen LogP contribution in [0.15, 0.2) is 29.4 Å². The van der Waals surface area contributed by atoms with Gasteiger partial charge in [-0.2, -0.15) is 5.26 Å². The summed E-state index contributed by atoms with van der Waals surface area (Å²) in [5.74, 6) is 0. The molecule has 0 unspecified atom stereocenters. The van der Waals surface area contributed by atoms with Gasteiger partial charge in [-0.3, -0.25) is 4.98 Å². The summed E-state index contributed by atoms with van der Waals surface area (Å²) in [5, 5.41) is 9.52. The Bertz CT molecular complexity index is 792. The first-order valence-electron chi connectivity index (χ1n) is 5.97. The van der Waals surface area contributed by atoms with Gasteiger partial charge in [-0.1, -0.05) is 6.07 Å². The van der Waals surface area contributed by atoms with E-state index in [2.05, 4.69) is 4.98 Å². The molecule has 0 aromatic carbocycles. The minimum absolute atomic E-state index is 0.0236. The SMILES string of the molecule is CN(Cc1cccnc1)c1sc(C#N)c(N)c1S(C)(=O)=O. The zero-order valence-electron chi connectivity index (χ0n) is 11.6. The zero-order valence-corrected chi connectivity index (χ0v) is 13.2. The fraction of sp³-hybridized carbons (Fsp3) is 0.231. The second-order valence-corrected chi connectivity index (χ2v) is 7.53. The van der Waals surface area contributed by atoms with Crippen LogP contribution in [0.4, 0.5) is 10.7 Å². The van der Waals surface area contributed by atoms with Gasteiger partial charge in [-0.25, -0.2) is 8.42 Å². The van der Waals surface area contributed by atoms with E-state index in [-0.39, 0.29) is 15.5 Å². The van der Waals surface area contributed by atoms with Crippen molar-refractivity contribution in [2.45, 2.75) is 11.4 Å². The Morgan fingerprint density at radius 3 is 2.76 bits per heavy atom. The molecule has 0 spiro atoms. The number of rotatable bonds is 4. The third kappa shape index (κ3) is 3.15. The summed E-state index contributed by atoms with van der Waals surface area (Å²) in [6.07, 6.45) is 4.47. The van der Waals surface area contributed by atoms with Gasteiger partial charge in [0.1, 0.15) is 20.8 Å². The van der Waals surface area contributed by atoms with Gasteiger partial charge in [0.05, 0.1) is 5.69 Å². The molecule has 2 heterocycles. The van der Waals surface area contributed by atoms with Gasteiger partial charge < -0.3 is 10.6 Å². The lowest BCUT2D eigenvalue weighted by Crippen LogP contribution is -2.18. The van der Waals surface area contributed by atoms with Crippen molar-refractivity contribution in [3.05, 3.63) is 35.0 Å². The number of pyridine rings is 1. The molecular weight excluding hydrogens is 308 g/mol. The van der Waals surface area contributed by atoms with Crippen LogP contribution < -0.4 is 10.6 Å². The highest BCUT2D eigenvalue weighted by Crippen LogP contribution is 2.41. The Labute approximate surface area is 127 Å². The first-order valence-corrected chi connectivity index (χ1v) is 8.68. The molecule has 2 aromatic rings. The van der Waals surface area contributed by atoms with Crippen LogP contribution >= 0.6 is 11.3 Å². The Hall–Kier alpha value is -2.11. The number of nitrogens with zero attached hydrogens (tertiary/aromatic N) is 3. The summed E-state index contributed by atoms with van der Waals surface area (Å²) < 4.78 is 23.9. The maximum absolute atomic E-state index is 11.9. The van der Waals surface area contributed by atoms with Gasteiger partial charge in [0.25, 0.3) is 0 Å². The highest BCUT2D eigenvalue weighted by atomic mass is 32.2. The van der Waals surface area contributed by atoms with E-state index in [9.17, 15) is 8.42 Å². The number of sulfone groups is 1. The zero-order chi connectivity index (χ0) is 15.6. The van der Waals surface area contributed by atoms with Crippen LogP contribution in [0.3, 0.4) is 0 Å². The smallest absolute Gasteiger partial charge is 0.180 e. The molecule has 0 aliphatic heterocycles. The van der Waals surface area contributed by atoms with E-state index in [4.69, 9.17) is 11.0 Å². The summed E-state index contributed by atoms with van der Waals surface area (Å²) in [5.41, 5.74) is 6.76. The van der Waals surface area contributed by atoms with Crippen molar-refractivity contribution in [1.29, 1.82) is 5.26 Å². The predicted octanol–water partition coefficient (Wildman–Crippen LogP) is 1.64. The van der Waals surface area contributed by atoms with Gasteiger partial charge in [-0.15, -0.1) is 11.3 Å². The number of nitriles is 1. The van der Waals surface area contributed by atoms with Crippen molar-refractivity contribution < 1.29 is 8.42 Å². The maximum Gasteiger partial charge on any atom is 0.180 e. The minimum Gasteiger partial charge on any atom is -0.396 e. The van der Waals surface area contributed by atoms with Crippen LogP contribution in [0.1, 0.15) is 10.4 Å². The van der Waals surface area contributed by atoms with E-state index in [0.29, 0.717) is 11.5 Å². The number of anilines is 2. The van der Waals surface area contributed by atoms with Crippen LogP contribution in [0.25, 0.3) is 0 Å². The third-order valence-electron chi connectivity index (χ3n) is 2.84. The van der Waals surface area contributed by atoms with Crippen LogP contribution in [0, 0.1) is 11.3 Å². The van der Waals surface area contributed by atoms with E-state index in [1.54, 1.807) is 24.3 Å². The summed E-state index contributed by atoms with van der Waals surface area (Å²) in [6, 6.07) is 5.64. The summed E-state index contributed by atoms with van der Waals surface area (Å²) in [4.78, 5) is 6.02. The summed E-state index contributed by atoms with van der Waals surface area (Å²) in [6.45, 7) is 0.473. The van der Waals surface area contributed by atoms with Crippen molar-refractivity contribution in [2.24, 2.45) is 0 Å². The van der Waals surface area contributed by atoms with Gasteiger partial charge in [0.15, 0.2) is 9.84 Å². The second kappa shape index (κ2) is 5.71. The molecule has 0 amide bonds. The van der Waals surface area contributed by atoms with Crippen LogP contribution in [-0.2, 0) is 16.4 Å². The van der Waals surface area contributed by atoms with Crippen molar-refractivity contribution in [2.75, 3.05) is 23.9 Å². The second-order valence-electron chi connectivity index (χ2n) is 4.58. The average molecular weight is 322 g/mol. The molecule has 6 nitrogen and oxygen atoms in total. The molecule has 0 radical (unpaired) electrons. The van der Waals surface area contributed by atoms with Crippen molar-refractivity contribution in [3.63, 3.8) is 0 Å². The maximum atomic E-state index is 11.9. The van der Waals surface area contributed by atoms with E-state index in [1.165, 1.54) is 0 Å². The number of thiophene rings is 1. The summed E-state index contributed by atoms with van der Waals surface area (Å²) in [7, 11) is -1.76. The van der Waals surface area contributed by atoms with Crippen LogP contribution in [0.5, 0.6) is 0 Å². The first-order chi connectivity index (χ1) is 9.84. The predicted molar refractivity (Wildman–Crippen MR) is 82.9 cm³/mol. The molecule has 0 aliphatic carbocycles. The topological polar surface area (TPSA) is 100 Å². The van der Waals surface area contributed by atoms with Gasteiger partial charge in [-0.05, 0) is 11.6 Å². The van der Waals surface area contributed by atoms with E-state index < -0.39 is 9.84 Å². The molecule has 8 heteroatoms. The fourth-order valence-corrected chi connectivity index (χ4v) is 4.44. The first kappa shape index (κ1) is 15.3. The molecule has 0 atom stereocenters. The molecule has 2 rings (SSSR count). The van der Waals surface area contributed by atoms with E-state index in [1.807, 2.05) is 18.2 Å². The number of hydrogen-bond acceptors (Lipinski definition) is 7. The van der Waals surface area contributed by atoms with Crippen LogP contribution in [-0.4, -0.2) is 26.7 Å². The van der Waals surface area contributed by atoms with Crippen molar-refractivity contribution in [1.82, 2.24) is 4.98 Å². The third-order valence-corrected chi connectivity index (χ3v) is 5.35. The highest BCUT2D eigenvalue weighted by Gasteiger charge is 2.26. The number of nitrogen functional groups attached to an aromatic ring is 1. The van der Waals surface area contributed by atoms with Gasteiger partial charge in [0.2, 0.25) is 0 Å². The lowest BCUT2D eigenvalue weighted by atomic mass is 10.3. The molecule has 0 aliphatic rings. The molecule has 2 aromatic heterocycles. The van der Waals surface area contributed by atoms with Gasteiger partial charge in [0, 0.05) is 32.2 Å². The Kier molecular flexibility index (Phi) is 4.16. The molecule has 21 heavy (non-hydrogen) atoms. The Morgan fingerprint density at radius 2 is 2.24 bits per heavy atom. The largest absolute Gasteiger partial charge is 0.396 e. The lowest BCUT2D eigenvalue weighted by molar-refractivity contribution is 0.602. The monoisotopic (exact) mass is 322 g/mol. The quantitative estimate of drug-likeness (QED) is 0.918. The molecule has 2 N–H and O–H groups in total. The van der Waals surface area contributed by atoms with Gasteiger partial charge >= 0.3 is 0 Å². The average Bonchev–Trinajstić information content (AvgIpc) is 2.76. The Morgan fingerprint density at radius 1 is 1.52 bits per heavy atom. The van der Waals surface area contributed by atoms with Crippen molar-refractivity contribution in [3.8, 4) is 6.07 Å². The van der Waals surface area contributed by atoms with Crippen LogP contribution in [0.2, 0.25) is 0 Å². The lowest BCUT2D eigenvalue weighted by Gasteiger charge is -2.18. The number of hydrogen-bond donors (Lipinski definition) is 1.